The largest absolute Gasteiger partial charge is 0.370 e. The van der Waals surface area contributed by atoms with Crippen molar-refractivity contribution in [3.63, 3.8) is 0 Å². The van der Waals surface area contributed by atoms with Crippen LogP contribution in [0, 0.1) is 0 Å². The summed E-state index contributed by atoms with van der Waals surface area (Å²) in [7, 11) is 1.79. The molecule has 6 nitrogen and oxygen atoms in total. The number of nitrogens with one attached hydrogen (secondary N) is 1. The van der Waals surface area contributed by atoms with Gasteiger partial charge in [0.25, 0.3) is 0 Å². The highest BCUT2D eigenvalue weighted by molar-refractivity contribution is 5.79. The van der Waals surface area contributed by atoms with Crippen molar-refractivity contribution < 1.29 is 4.79 Å². The van der Waals surface area contributed by atoms with Crippen LogP contribution in [0.3, 0.4) is 0 Å². The summed E-state index contributed by atoms with van der Waals surface area (Å²) in [4.78, 5) is 21.1. The van der Waals surface area contributed by atoms with Crippen LogP contribution < -0.4 is 16.0 Å². The molecule has 1 aromatic heterocycles. The van der Waals surface area contributed by atoms with Gasteiger partial charge in [0.1, 0.15) is 18.0 Å². The zero-order valence-corrected chi connectivity index (χ0v) is 10.5. The number of carbonyl (C=O) groups excluding carboxylic acids is 1. The molecule has 0 radical (unpaired) electrons. The standard InChI is InChI=1S/C11H19N5O/c1-4-8-10(13-5-2)14-7-15-11(8)16(3)6-9(12)17/h7H,4-6H2,1-3H3,(H2,12,17)(H,13,14,15). The van der Waals surface area contributed by atoms with Crippen LogP contribution in [-0.2, 0) is 11.2 Å². The van der Waals surface area contributed by atoms with E-state index in [9.17, 15) is 4.79 Å². The van der Waals surface area contributed by atoms with E-state index in [1.807, 2.05) is 13.8 Å². The van der Waals surface area contributed by atoms with Crippen molar-refractivity contribution in [2.75, 3.05) is 30.4 Å². The molecule has 0 aliphatic carbocycles. The smallest absolute Gasteiger partial charge is 0.236 e. The maximum atomic E-state index is 10.9. The fraction of sp³-hybridized carbons (Fsp3) is 0.545. The number of primary amides is 1. The summed E-state index contributed by atoms with van der Waals surface area (Å²) in [5.41, 5.74) is 6.18. The fourth-order valence-corrected chi connectivity index (χ4v) is 1.69. The van der Waals surface area contributed by atoms with Gasteiger partial charge in [-0.1, -0.05) is 6.92 Å². The Kier molecular flexibility index (Phi) is 4.68. The summed E-state index contributed by atoms with van der Waals surface area (Å²) in [6.07, 6.45) is 2.28. The minimum absolute atomic E-state index is 0.148. The van der Waals surface area contributed by atoms with Gasteiger partial charge >= 0.3 is 0 Å². The molecule has 0 atom stereocenters. The predicted octanol–water partition coefficient (Wildman–Crippen LogP) is 0.392. The SMILES string of the molecule is CCNc1ncnc(N(C)CC(N)=O)c1CC. The molecule has 0 spiro atoms. The van der Waals surface area contributed by atoms with Crippen molar-refractivity contribution in [2.45, 2.75) is 20.3 Å². The third kappa shape index (κ3) is 3.30. The normalized spacial score (nSPS) is 10.1. The number of carbonyl (C=O) groups is 1. The highest BCUT2D eigenvalue weighted by Crippen LogP contribution is 2.22. The summed E-state index contributed by atoms with van der Waals surface area (Å²) < 4.78 is 0. The Balaban J connectivity index is 3.05. The molecule has 1 rings (SSSR count). The molecule has 17 heavy (non-hydrogen) atoms. The van der Waals surface area contributed by atoms with Gasteiger partial charge in [-0.25, -0.2) is 9.97 Å². The number of hydrogen-bond donors (Lipinski definition) is 2. The highest BCUT2D eigenvalue weighted by atomic mass is 16.1. The number of hydrogen-bond acceptors (Lipinski definition) is 5. The first-order valence-electron chi connectivity index (χ1n) is 5.67. The molecule has 1 aromatic rings. The Morgan fingerprint density at radius 2 is 2.18 bits per heavy atom. The molecule has 0 aromatic carbocycles. The van der Waals surface area contributed by atoms with E-state index in [1.54, 1.807) is 11.9 Å². The van der Waals surface area contributed by atoms with Crippen LogP contribution in [-0.4, -0.2) is 36.0 Å². The summed E-state index contributed by atoms with van der Waals surface area (Å²) in [5.74, 6) is 1.19. The number of likely N-dealkylation sites (N-methyl/N-ethyl adjacent to an activating group) is 1. The van der Waals surface area contributed by atoms with E-state index in [4.69, 9.17) is 5.73 Å². The molecule has 0 unspecified atom stereocenters. The third-order valence-corrected chi connectivity index (χ3v) is 2.37. The molecule has 0 bridgehead atoms. The predicted molar refractivity (Wildman–Crippen MR) is 68.0 cm³/mol. The van der Waals surface area contributed by atoms with Crippen molar-refractivity contribution in [1.29, 1.82) is 0 Å². The first-order chi connectivity index (χ1) is 8.10. The average Bonchev–Trinajstić information content (AvgIpc) is 2.28. The molecule has 0 saturated heterocycles. The molecule has 0 aliphatic rings. The maximum Gasteiger partial charge on any atom is 0.236 e. The number of amides is 1. The number of rotatable bonds is 6. The molecular formula is C11H19N5O. The van der Waals surface area contributed by atoms with E-state index in [1.165, 1.54) is 6.33 Å². The van der Waals surface area contributed by atoms with Gasteiger partial charge in [0, 0.05) is 19.2 Å². The molecular weight excluding hydrogens is 218 g/mol. The zero-order valence-electron chi connectivity index (χ0n) is 10.5. The van der Waals surface area contributed by atoms with Gasteiger partial charge in [0.15, 0.2) is 0 Å². The molecule has 0 fully saturated rings. The Labute approximate surface area is 101 Å². The van der Waals surface area contributed by atoms with Crippen molar-refractivity contribution in [2.24, 2.45) is 5.73 Å². The van der Waals surface area contributed by atoms with Crippen LogP contribution in [0.1, 0.15) is 19.4 Å². The first-order valence-corrected chi connectivity index (χ1v) is 5.67. The van der Waals surface area contributed by atoms with E-state index >= 15 is 0 Å². The summed E-state index contributed by atoms with van der Waals surface area (Å²) in [6, 6.07) is 0. The highest BCUT2D eigenvalue weighted by Gasteiger charge is 2.14. The summed E-state index contributed by atoms with van der Waals surface area (Å²) in [6.45, 7) is 4.98. The average molecular weight is 237 g/mol. The summed E-state index contributed by atoms with van der Waals surface area (Å²) >= 11 is 0. The van der Waals surface area contributed by atoms with Gasteiger partial charge in [-0.2, -0.15) is 0 Å². The van der Waals surface area contributed by atoms with E-state index < -0.39 is 0 Å². The fourth-order valence-electron chi connectivity index (χ4n) is 1.69. The van der Waals surface area contributed by atoms with Crippen LogP contribution >= 0.6 is 0 Å². The number of nitrogens with zero attached hydrogens (tertiary/aromatic N) is 3. The van der Waals surface area contributed by atoms with Crippen LogP contribution in [0.4, 0.5) is 11.6 Å². The van der Waals surface area contributed by atoms with E-state index in [0.717, 1.165) is 30.2 Å². The Morgan fingerprint density at radius 3 is 2.71 bits per heavy atom. The van der Waals surface area contributed by atoms with Gasteiger partial charge in [0.2, 0.25) is 5.91 Å². The minimum Gasteiger partial charge on any atom is -0.370 e. The Morgan fingerprint density at radius 1 is 1.47 bits per heavy atom. The van der Waals surface area contributed by atoms with Crippen LogP contribution in [0.2, 0.25) is 0 Å². The monoisotopic (exact) mass is 237 g/mol. The van der Waals surface area contributed by atoms with E-state index in [2.05, 4.69) is 15.3 Å². The zero-order chi connectivity index (χ0) is 12.8. The maximum absolute atomic E-state index is 10.9. The van der Waals surface area contributed by atoms with Gasteiger partial charge < -0.3 is 16.0 Å². The quantitative estimate of drug-likeness (QED) is 0.747. The van der Waals surface area contributed by atoms with Crippen molar-refractivity contribution >= 4 is 17.5 Å². The Bertz CT molecular complexity index is 393. The van der Waals surface area contributed by atoms with E-state index in [-0.39, 0.29) is 12.5 Å². The van der Waals surface area contributed by atoms with Gasteiger partial charge in [-0.3, -0.25) is 4.79 Å². The van der Waals surface area contributed by atoms with Gasteiger partial charge in [-0.05, 0) is 13.3 Å². The third-order valence-electron chi connectivity index (χ3n) is 2.37. The van der Waals surface area contributed by atoms with E-state index in [0.29, 0.717) is 0 Å². The van der Waals surface area contributed by atoms with Gasteiger partial charge in [0.05, 0.1) is 6.54 Å². The van der Waals surface area contributed by atoms with Crippen LogP contribution in [0.15, 0.2) is 6.33 Å². The number of aromatic nitrogens is 2. The molecule has 0 saturated carbocycles. The second-order valence-corrected chi connectivity index (χ2v) is 3.73. The lowest BCUT2D eigenvalue weighted by atomic mass is 10.2. The second kappa shape index (κ2) is 6.03. The van der Waals surface area contributed by atoms with Crippen LogP contribution in [0.5, 0.6) is 0 Å². The lowest BCUT2D eigenvalue weighted by molar-refractivity contribution is -0.116. The summed E-state index contributed by atoms with van der Waals surface area (Å²) in [5, 5.41) is 3.18. The lowest BCUT2D eigenvalue weighted by Gasteiger charge is -2.20. The molecule has 3 N–H and O–H groups in total. The molecule has 1 heterocycles. The van der Waals surface area contributed by atoms with Crippen molar-refractivity contribution in [3.05, 3.63) is 11.9 Å². The van der Waals surface area contributed by atoms with Gasteiger partial charge in [-0.15, -0.1) is 0 Å². The van der Waals surface area contributed by atoms with Crippen molar-refractivity contribution in [3.8, 4) is 0 Å². The topological polar surface area (TPSA) is 84.1 Å². The Hall–Kier alpha value is -1.85. The minimum atomic E-state index is -0.377. The van der Waals surface area contributed by atoms with Crippen molar-refractivity contribution in [1.82, 2.24) is 9.97 Å². The van der Waals surface area contributed by atoms with Crippen LogP contribution in [0.25, 0.3) is 0 Å². The lowest BCUT2D eigenvalue weighted by Crippen LogP contribution is -2.32. The second-order valence-electron chi connectivity index (χ2n) is 3.73. The molecule has 0 aliphatic heterocycles. The molecule has 6 heteroatoms. The number of anilines is 2. The first kappa shape index (κ1) is 13.2. The molecule has 94 valence electrons. The number of nitrogens with two attached hydrogens (primary N) is 1. The molecule has 1 amide bonds.